The van der Waals surface area contributed by atoms with Gasteiger partial charge < -0.3 is 14.8 Å². The zero-order chi connectivity index (χ0) is 18.1. The van der Waals surface area contributed by atoms with E-state index in [4.69, 9.17) is 4.74 Å². The fourth-order valence-corrected chi connectivity index (χ4v) is 2.17. The fourth-order valence-electron chi connectivity index (χ4n) is 2.17. The summed E-state index contributed by atoms with van der Waals surface area (Å²) in [5.41, 5.74) is 1.27. The first-order chi connectivity index (χ1) is 12.1. The SMILES string of the molecule is COC(=O)[C@@H](CC(=O)c1ccccc1)NC(=O)OCc1ccccc1. The lowest BCUT2D eigenvalue weighted by Gasteiger charge is -2.16. The minimum atomic E-state index is -1.11. The van der Waals surface area contributed by atoms with Gasteiger partial charge in [0.15, 0.2) is 5.78 Å². The summed E-state index contributed by atoms with van der Waals surface area (Å²) in [6.45, 7) is 0.0627. The van der Waals surface area contributed by atoms with E-state index in [2.05, 4.69) is 10.1 Å². The Morgan fingerprint density at radius 2 is 1.56 bits per heavy atom. The van der Waals surface area contributed by atoms with Gasteiger partial charge in [-0.2, -0.15) is 0 Å². The lowest BCUT2D eigenvalue weighted by molar-refractivity contribution is -0.142. The van der Waals surface area contributed by atoms with Crippen LogP contribution in [0.5, 0.6) is 0 Å². The van der Waals surface area contributed by atoms with Crippen LogP contribution in [0.3, 0.4) is 0 Å². The molecule has 0 saturated heterocycles. The Kier molecular flexibility index (Phi) is 6.71. The Bertz CT molecular complexity index is 715. The number of ether oxygens (including phenoxy) is 2. The Hall–Kier alpha value is -3.15. The topological polar surface area (TPSA) is 81.7 Å². The number of hydrogen-bond acceptors (Lipinski definition) is 5. The summed E-state index contributed by atoms with van der Waals surface area (Å²) in [7, 11) is 1.19. The predicted molar refractivity (Wildman–Crippen MR) is 91.0 cm³/mol. The number of hydrogen-bond donors (Lipinski definition) is 1. The molecule has 130 valence electrons. The number of rotatable bonds is 7. The monoisotopic (exact) mass is 341 g/mol. The first kappa shape index (κ1) is 18.2. The van der Waals surface area contributed by atoms with Gasteiger partial charge in [0.2, 0.25) is 0 Å². The number of nitrogens with one attached hydrogen (secondary N) is 1. The normalized spacial score (nSPS) is 11.2. The van der Waals surface area contributed by atoms with Crippen LogP contribution in [-0.2, 0) is 20.9 Å². The zero-order valence-corrected chi connectivity index (χ0v) is 13.8. The third kappa shape index (κ3) is 5.76. The maximum Gasteiger partial charge on any atom is 0.408 e. The summed E-state index contributed by atoms with van der Waals surface area (Å²) in [5, 5.41) is 2.38. The van der Waals surface area contributed by atoms with Crippen LogP contribution in [-0.4, -0.2) is 31.0 Å². The summed E-state index contributed by atoms with van der Waals surface area (Å²) in [4.78, 5) is 36.0. The second-order valence-corrected chi connectivity index (χ2v) is 5.28. The third-order valence-electron chi connectivity index (χ3n) is 3.48. The van der Waals surface area contributed by atoms with E-state index >= 15 is 0 Å². The number of amides is 1. The van der Waals surface area contributed by atoms with E-state index in [1.54, 1.807) is 30.3 Å². The van der Waals surface area contributed by atoms with Gasteiger partial charge in [-0.15, -0.1) is 0 Å². The van der Waals surface area contributed by atoms with Crippen molar-refractivity contribution in [3.05, 3.63) is 71.8 Å². The van der Waals surface area contributed by atoms with Gasteiger partial charge in [0.1, 0.15) is 12.6 Å². The molecule has 0 unspecified atom stereocenters. The maximum atomic E-state index is 12.2. The molecule has 0 spiro atoms. The minimum Gasteiger partial charge on any atom is -0.467 e. The highest BCUT2D eigenvalue weighted by molar-refractivity contribution is 5.99. The van der Waals surface area contributed by atoms with Crippen LogP contribution in [0.1, 0.15) is 22.3 Å². The van der Waals surface area contributed by atoms with Crippen LogP contribution in [0.25, 0.3) is 0 Å². The van der Waals surface area contributed by atoms with Crippen LogP contribution in [0, 0.1) is 0 Å². The van der Waals surface area contributed by atoms with Gasteiger partial charge in [0.25, 0.3) is 0 Å². The molecule has 6 heteroatoms. The van der Waals surface area contributed by atoms with Crippen molar-refractivity contribution in [2.24, 2.45) is 0 Å². The summed E-state index contributed by atoms with van der Waals surface area (Å²) in [5.74, 6) is -0.986. The molecule has 1 N–H and O–H groups in total. The van der Waals surface area contributed by atoms with E-state index in [0.29, 0.717) is 5.56 Å². The fraction of sp³-hybridized carbons (Fsp3) is 0.211. The molecular weight excluding hydrogens is 322 g/mol. The minimum absolute atomic E-state index is 0.0627. The van der Waals surface area contributed by atoms with E-state index in [1.807, 2.05) is 30.3 Å². The van der Waals surface area contributed by atoms with Crippen molar-refractivity contribution in [1.82, 2.24) is 5.32 Å². The molecule has 0 radical (unpaired) electrons. The van der Waals surface area contributed by atoms with E-state index < -0.39 is 18.1 Å². The van der Waals surface area contributed by atoms with Crippen LogP contribution >= 0.6 is 0 Å². The molecule has 2 aromatic rings. The van der Waals surface area contributed by atoms with E-state index in [1.165, 1.54) is 7.11 Å². The van der Waals surface area contributed by atoms with Gasteiger partial charge in [-0.1, -0.05) is 60.7 Å². The maximum absolute atomic E-state index is 12.2. The van der Waals surface area contributed by atoms with E-state index in [9.17, 15) is 14.4 Å². The molecule has 0 aliphatic heterocycles. The van der Waals surface area contributed by atoms with E-state index in [-0.39, 0.29) is 18.8 Å². The van der Waals surface area contributed by atoms with Crippen molar-refractivity contribution < 1.29 is 23.9 Å². The van der Waals surface area contributed by atoms with Crippen LogP contribution in [0.15, 0.2) is 60.7 Å². The number of carbonyl (C=O) groups excluding carboxylic acids is 3. The lowest BCUT2D eigenvalue weighted by Crippen LogP contribution is -2.43. The van der Waals surface area contributed by atoms with Gasteiger partial charge in [0.05, 0.1) is 7.11 Å². The highest BCUT2D eigenvalue weighted by Gasteiger charge is 2.25. The standard InChI is InChI=1S/C19H19NO5/c1-24-18(22)16(12-17(21)15-10-6-3-7-11-15)20-19(23)25-13-14-8-4-2-5-9-14/h2-11,16H,12-13H2,1H3,(H,20,23)/t16-/m1/s1. The van der Waals surface area contributed by atoms with Gasteiger partial charge >= 0.3 is 12.1 Å². The largest absolute Gasteiger partial charge is 0.467 e. The Labute approximate surface area is 145 Å². The van der Waals surface area contributed by atoms with Gasteiger partial charge in [0, 0.05) is 12.0 Å². The van der Waals surface area contributed by atoms with Crippen molar-refractivity contribution >= 4 is 17.8 Å². The van der Waals surface area contributed by atoms with Crippen molar-refractivity contribution in [2.45, 2.75) is 19.1 Å². The number of ketones is 1. The van der Waals surface area contributed by atoms with Gasteiger partial charge in [-0.05, 0) is 5.56 Å². The smallest absolute Gasteiger partial charge is 0.408 e. The summed E-state index contributed by atoms with van der Waals surface area (Å²) < 4.78 is 9.72. The second kappa shape index (κ2) is 9.22. The molecule has 0 heterocycles. The molecule has 1 amide bonds. The van der Waals surface area contributed by atoms with Crippen LogP contribution < -0.4 is 5.32 Å². The summed E-state index contributed by atoms with van der Waals surface area (Å²) >= 11 is 0. The zero-order valence-electron chi connectivity index (χ0n) is 13.8. The molecule has 0 fully saturated rings. The predicted octanol–water partition coefficient (Wildman–Crippen LogP) is 2.73. The lowest BCUT2D eigenvalue weighted by atomic mass is 10.0. The van der Waals surface area contributed by atoms with Crippen LogP contribution in [0.2, 0.25) is 0 Å². The molecule has 1 atom stereocenters. The molecule has 0 aliphatic rings. The number of carbonyl (C=O) groups is 3. The molecule has 2 rings (SSSR count). The van der Waals surface area contributed by atoms with Crippen molar-refractivity contribution in [3.63, 3.8) is 0 Å². The first-order valence-corrected chi connectivity index (χ1v) is 7.73. The molecule has 0 saturated carbocycles. The second-order valence-electron chi connectivity index (χ2n) is 5.28. The van der Waals surface area contributed by atoms with Gasteiger partial charge in [-0.25, -0.2) is 9.59 Å². The molecule has 6 nitrogen and oxygen atoms in total. The Morgan fingerprint density at radius 3 is 2.16 bits per heavy atom. The molecule has 25 heavy (non-hydrogen) atoms. The average molecular weight is 341 g/mol. The first-order valence-electron chi connectivity index (χ1n) is 7.73. The van der Waals surface area contributed by atoms with Crippen LogP contribution in [0.4, 0.5) is 4.79 Å². The van der Waals surface area contributed by atoms with E-state index in [0.717, 1.165) is 5.56 Å². The van der Waals surface area contributed by atoms with Crippen molar-refractivity contribution in [1.29, 1.82) is 0 Å². The molecular formula is C19H19NO5. The van der Waals surface area contributed by atoms with Crippen molar-refractivity contribution in [2.75, 3.05) is 7.11 Å². The number of Topliss-reactive ketones (excluding diaryl/α,β-unsaturated/α-hetero) is 1. The molecule has 0 bridgehead atoms. The average Bonchev–Trinajstić information content (AvgIpc) is 2.66. The third-order valence-corrected chi connectivity index (χ3v) is 3.48. The Balaban J connectivity index is 1.94. The number of methoxy groups -OCH3 is 1. The quantitative estimate of drug-likeness (QED) is 0.618. The molecule has 0 aromatic heterocycles. The highest BCUT2D eigenvalue weighted by atomic mass is 16.6. The summed E-state index contributed by atoms with van der Waals surface area (Å²) in [6, 6.07) is 16.5. The molecule has 2 aromatic carbocycles. The highest BCUT2D eigenvalue weighted by Crippen LogP contribution is 2.07. The molecule has 0 aliphatic carbocycles. The van der Waals surface area contributed by atoms with Crippen molar-refractivity contribution in [3.8, 4) is 0 Å². The number of esters is 1. The summed E-state index contributed by atoms with van der Waals surface area (Å²) in [6.07, 6.45) is -1.00. The number of alkyl carbamates (subject to hydrolysis) is 1. The Morgan fingerprint density at radius 1 is 0.960 bits per heavy atom. The number of benzene rings is 2. The van der Waals surface area contributed by atoms with Gasteiger partial charge in [-0.3, -0.25) is 4.79 Å².